The summed E-state index contributed by atoms with van der Waals surface area (Å²) in [5.74, 6) is 0. The second-order valence-electron chi connectivity index (χ2n) is 3.82. The van der Waals surface area contributed by atoms with Crippen molar-refractivity contribution in [2.24, 2.45) is 7.05 Å². The van der Waals surface area contributed by atoms with Gasteiger partial charge in [-0.2, -0.15) is 0 Å². The first kappa shape index (κ1) is 17.1. The molecule has 20 heavy (non-hydrogen) atoms. The molecule has 2 aromatic rings. The van der Waals surface area contributed by atoms with Gasteiger partial charge < -0.3 is 17.3 Å². The summed E-state index contributed by atoms with van der Waals surface area (Å²) >= 11 is 6.30. The van der Waals surface area contributed by atoms with E-state index in [0.717, 1.165) is 10.5 Å². The van der Waals surface area contributed by atoms with Gasteiger partial charge in [0.2, 0.25) is 0 Å². The van der Waals surface area contributed by atoms with Crippen LogP contribution in [0.3, 0.4) is 0 Å². The minimum Gasteiger partial charge on any atom is -0.418 e. The first-order valence-corrected chi connectivity index (χ1v) is 7.95. The minimum absolute atomic E-state index is 0.469. The van der Waals surface area contributed by atoms with Crippen molar-refractivity contribution in [1.29, 1.82) is 0 Å². The maximum Gasteiger partial charge on any atom is 0.673 e. The number of aromatic nitrogens is 2. The van der Waals surface area contributed by atoms with Crippen molar-refractivity contribution in [1.82, 2.24) is 4.57 Å². The zero-order chi connectivity index (χ0) is 15.2. The number of hydrogen-bond donors (Lipinski definition) is 0. The van der Waals surface area contributed by atoms with E-state index in [1.54, 1.807) is 0 Å². The Morgan fingerprint density at radius 2 is 1.75 bits per heavy atom. The summed E-state index contributed by atoms with van der Waals surface area (Å²) in [5, 5.41) is 0.807. The number of hydrogen-bond acceptors (Lipinski definition) is 0. The molecule has 0 unspecified atom stereocenters. The van der Waals surface area contributed by atoms with Gasteiger partial charge >= 0.3 is 108 Å². The van der Waals surface area contributed by atoms with Gasteiger partial charge in [0.15, 0.2) is 0 Å². The van der Waals surface area contributed by atoms with Crippen LogP contribution in [0.5, 0.6) is 0 Å². The second kappa shape index (κ2) is 7.71. The monoisotopic (exact) mass is 374 g/mol. The third-order valence-corrected chi connectivity index (χ3v) is 4.44. The van der Waals surface area contributed by atoms with E-state index in [9.17, 15) is 17.3 Å². The Bertz CT molecular complexity index is 524. The summed E-state index contributed by atoms with van der Waals surface area (Å²) in [6, 6.07) is 8.11. The fourth-order valence-corrected chi connectivity index (χ4v) is 3.02. The predicted molar refractivity (Wildman–Crippen MR) is 72.6 cm³/mol. The van der Waals surface area contributed by atoms with Gasteiger partial charge in [0, 0.05) is 0 Å². The summed E-state index contributed by atoms with van der Waals surface area (Å²) in [6.07, 6.45) is 6.24. The average Bonchev–Trinajstić information content (AvgIpc) is 2.72. The maximum absolute atomic E-state index is 9.75. The Labute approximate surface area is 125 Å². The van der Waals surface area contributed by atoms with Crippen molar-refractivity contribution in [3.63, 3.8) is 0 Å². The maximum atomic E-state index is 9.75. The third-order valence-electron chi connectivity index (χ3n) is 2.02. The molecule has 9 heteroatoms. The van der Waals surface area contributed by atoms with Crippen molar-refractivity contribution >= 4 is 38.3 Å². The number of rotatable bonds is 3. The molecule has 1 heterocycles. The molecule has 0 amide bonds. The van der Waals surface area contributed by atoms with Crippen LogP contribution in [0.25, 0.3) is 0 Å². The molecule has 2 nitrogen and oxygen atoms in total. The Hall–Kier alpha value is -0.976. The van der Waals surface area contributed by atoms with Gasteiger partial charge in [0.05, 0.1) is 0 Å². The zero-order valence-corrected chi connectivity index (χ0v) is 13.0. The van der Waals surface area contributed by atoms with Gasteiger partial charge in [-0.1, -0.05) is 0 Å². The van der Waals surface area contributed by atoms with Gasteiger partial charge in [-0.3, -0.25) is 0 Å². The van der Waals surface area contributed by atoms with E-state index >= 15 is 0 Å². The predicted octanol–water partition coefficient (Wildman–Crippen LogP) is 2.25. The summed E-state index contributed by atoms with van der Waals surface area (Å²) in [5.41, 5.74) is 1.06. The molecule has 0 aliphatic rings. The van der Waals surface area contributed by atoms with Gasteiger partial charge in [-0.25, -0.2) is 0 Å². The van der Waals surface area contributed by atoms with Crippen LogP contribution in [0.2, 0.25) is 5.02 Å². The van der Waals surface area contributed by atoms with E-state index in [1.807, 2.05) is 19.2 Å². The molecule has 0 atom stereocenters. The summed E-state index contributed by atoms with van der Waals surface area (Å²) < 4.78 is 44.6. The molecule has 0 spiro atoms. The zero-order valence-electron chi connectivity index (χ0n) is 10.5. The summed E-state index contributed by atoms with van der Waals surface area (Å²) in [4.78, 5) is 0. The quantitative estimate of drug-likeness (QED) is 0.443. The van der Waals surface area contributed by atoms with Gasteiger partial charge in [-0.15, -0.1) is 0 Å². The van der Waals surface area contributed by atoms with Gasteiger partial charge in [0.25, 0.3) is 0 Å². The van der Waals surface area contributed by atoms with E-state index in [1.165, 1.54) is 4.46 Å². The van der Waals surface area contributed by atoms with Crippen LogP contribution in [-0.2, 0) is 12.5 Å². The molecule has 1 aromatic heterocycles. The average molecular weight is 373 g/mol. The minimum atomic E-state index is -6.00. The van der Waals surface area contributed by atoms with Crippen LogP contribution >= 0.6 is 11.6 Å². The van der Waals surface area contributed by atoms with Crippen molar-refractivity contribution in [3.8, 4) is 0 Å². The Morgan fingerprint density at radius 3 is 2.20 bits per heavy atom. The van der Waals surface area contributed by atoms with Crippen LogP contribution in [0, 0.1) is 0 Å². The second-order valence-corrected chi connectivity index (χ2v) is 6.39. The molecule has 0 saturated heterocycles. The molecule has 0 fully saturated rings. The largest absolute Gasteiger partial charge is 0.673 e. The van der Waals surface area contributed by atoms with Crippen molar-refractivity contribution < 1.29 is 21.8 Å². The molecule has 1 aromatic carbocycles. The number of aryl methyl sites for hydroxylation is 1. The molecule has 0 N–H and O–H groups in total. The number of benzene rings is 1. The molecular weight excluding hydrogens is 361 g/mol. The number of halogens is 5. The van der Waals surface area contributed by atoms with Crippen LogP contribution in [0.4, 0.5) is 17.3 Å². The summed E-state index contributed by atoms with van der Waals surface area (Å²) in [7, 11) is -3.97. The molecular formula is C11H12BClF4N2Se. The SMILES string of the molecule is C[n+]1ccn(C[Se]c2ccc(Cl)cc2)c1.F[B-](F)(F)F. The van der Waals surface area contributed by atoms with Gasteiger partial charge in [-0.05, 0) is 0 Å². The van der Waals surface area contributed by atoms with Crippen LogP contribution in [-0.4, -0.2) is 26.8 Å². The van der Waals surface area contributed by atoms with Crippen molar-refractivity contribution in [2.75, 3.05) is 0 Å². The van der Waals surface area contributed by atoms with Crippen LogP contribution in [0.15, 0.2) is 43.0 Å². The molecule has 2 rings (SSSR count). The molecule has 0 aliphatic heterocycles. The van der Waals surface area contributed by atoms with E-state index in [0.29, 0.717) is 15.0 Å². The smallest absolute Gasteiger partial charge is 0.418 e. The third kappa shape index (κ3) is 8.25. The standard InChI is InChI=1S/C11H12ClN2Se.BF4/c1-13-6-7-14(8-13)9-15-11-4-2-10(12)3-5-11;2-1(3,4)5/h2-8H,9H2,1H3;/q+1;-1. The van der Waals surface area contributed by atoms with Crippen LogP contribution in [0.1, 0.15) is 0 Å². The number of nitrogens with zero attached hydrogens (tertiary/aromatic N) is 2. The topological polar surface area (TPSA) is 8.81 Å². The fourth-order valence-electron chi connectivity index (χ4n) is 1.26. The Morgan fingerprint density at radius 1 is 1.20 bits per heavy atom. The van der Waals surface area contributed by atoms with E-state index in [-0.39, 0.29) is 0 Å². The summed E-state index contributed by atoms with van der Waals surface area (Å²) in [6.45, 7) is 0. The molecule has 0 saturated carbocycles. The normalized spacial score (nSPS) is 10.9. The van der Waals surface area contributed by atoms with Gasteiger partial charge in [0.1, 0.15) is 0 Å². The molecule has 0 bridgehead atoms. The van der Waals surface area contributed by atoms with Crippen molar-refractivity contribution in [3.05, 3.63) is 48.0 Å². The van der Waals surface area contributed by atoms with Crippen LogP contribution < -0.4 is 9.03 Å². The first-order chi connectivity index (χ1) is 9.24. The van der Waals surface area contributed by atoms with Crippen molar-refractivity contribution in [2.45, 2.75) is 5.44 Å². The molecule has 0 radical (unpaired) electrons. The Balaban J connectivity index is 0.000000347. The van der Waals surface area contributed by atoms with E-state index in [4.69, 9.17) is 11.6 Å². The Kier molecular flexibility index (Phi) is 6.59. The fraction of sp³-hybridized carbons (Fsp3) is 0.182. The molecule has 110 valence electrons. The van der Waals surface area contributed by atoms with E-state index in [2.05, 4.69) is 40.0 Å². The first-order valence-electron chi connectivity index (χ1n) is 5.51. The molecule has 0 aliphatic carbocycles. The number of imidazole rings is 1. The van der Waals surface area contributed by atoms with E-state index < -0.39 is 7.25 Å².